The normalized spacial score (nSPS) is 11.0. The van der Waals surface area contributed by atoms with Crippen molar-refractivity contribution in [3.63, 3.8) is 0 Å². The number of aliphatic carboxylic acids is 1. The molecule has 0 atom stereocenters. The summed E-state index contributed by atoms with van der Waals surface area (Å²) in [5.41, 5.74) is 1.83. The second kappa shape index (κ2) is 6.52. The van der Waals surface area contributed by atoms with Crippen LogP contribution in [0, 0.1) is 19.7 Å². The lowest BCUT2D eigenvalue weighted by Crippen LogP contribution is -2.09. The summed E-state index contributed by atoms with van der Waals surface area (Å²) in [4.78, 5) is 21.5. The number of anilines is 1. The lowest BCUT2D eigenvalue weighted by Gasteiger charge is -2.09. The van der Waals surface area contributed by atoms with Gasteiger partial charge in [0.2, 0.25) is 0 Å². The van der Waals surface area contributed by atoms with Crippen LogP contribution < -0.4 is 5.32 Å². The monoisotopic (exact) mass is 345 g/mol. The molecule has 1 aromatic carbocycles. The van der Waals surface area contributed by atoms with Crippen molar-refractivity contribution >= 4 is 33.3 Å². The first kappa shape index (κ1) is 16.3. The Labute approximate surface area is 142 Å². The molecule has 0 amide bonds. The van der Waals surface area contributed by atoms with E-state index >= 15 is 0 Å². The number of aryl methyl sites for hydroxylation is 2. The van der Waals surface area contributed by atoms with Gasteiger partial charge in [-0.25, -0.2) is 14.4 Å². The molecule has 5 nitrogen and oxygen atoms in total. The lowest BCUT2D eigenvalue weighted by molar-refractivity contribution is -0.136. The Balaban J connectivity index is 2.13. The fourth-order valence-electron chi connectivity index (χ4n) is 2.60. The smallest absolute Gasteiger partial charge is 0.305 e. The van der Waals surface area contributed by atoms with Crippen molar-refractivity contribution < 1.29 is 14.3 Å². The zero-order chi connectivity index (χ0) is 17.3. The van der Waals surface area contributed by atoms with Crippen LogP contribution in [0.25, 0.3) is 21.3 Å². The van der Waals surface area contributed by atoms with E-state index in [4.69, 9.17) is 5.11 Å². The van der Waals surface area contributed by atoms with E-state index in [-0.39, 0.29) is 18.8 Å². The van der Waals surface area contributed by atoms with Crippen LogP contribution in [-0.2, 0) is 4.79 Å². The number of benzene rings is 1. The molecule has 0 saturated heterocycles. The summed E-state index contributed by atoms with van der Waals surface area (Å²) in [6.07, 6.45) is -0.000452. The van der Waals surface area contributed by atoms with Crippen LogP contribution in [0.2, 0.25) is 0 Å². The molecule has 0 unspecified atom stereocenters. The summed E-state index contributed by atoms with van der Waals surface area (Å²) >= 11 is 1.54. The molecule has 0 radical (unpaired) electrons. The van der Waals surface area contributed by atoms with Gasteiger partial charge in [0.1, 0.15) is 22.3 Å². The van der Waals surface area contributed by atoms with Gasteiger partial charge in [-0.15, -0.1) is 11.3 Å². The predicted molar refractivity (Wildman–Crippen MR) is 93.0 cm³/mol. The van der Waals surface area contributed by atoms with Crippen molar-refractivity contribution in [1.82, 2.24) is 9.97 Å². The number of aromatic nitrogens is 2. The Morgan fingerprint density at radius 3 is 2.62 bits per heavy atom. The Morgan fingerprint density at radius 2 is 1.96 bits per heavy atom. The van der Waals surface area contributed by atoms with Gasteiger partial charge in [-0.05, 0) is 31.5 Å². The van der Waals surface area contributed by atoms with Gasteiger partial charge in [0.25, 0.3) is 0 Å². The number of carboxylic acids is 1. The second-order valence-electron chi connectivity index (χ2n) is 5.41. The first-order valence-electron chi connectivity index (χ1n) is 7.45. The first-order valence-corrected chi connectivity index (χ1v) is 8.26. The summed E-state index contributed by atoms with van der Waals surface area (Å²) < 4.78 is 13.2. The van der Waals surface area contributed by atoms with Crippen LogP contribution in [0.3, 0.4) is 0 Å². The molecule has 3 aromatic rings. The van der Waals surface area contributed by atoms with Crippen molar-refractivity contribution in [3.8, 4) is 11.1 Å². The number of carboxylic acid groups (broad SMARTS) is 1. The van der Waals surface area contributed by atoms with E-state index < -0.39 is 5.97 Å². The van der Waals surface area contributed by atoms with Crippen molar-refractivity contribution in [2.75, 3.05) is 11.9 Å². The van der Waals surface area contributed by atoms with Gasteiger partial charge in [0.05, 0.1) is 11.8 Å². The topological polar surface area (TPSA) is 75.1 Å². The number of fused-ring (bicyclic) bond motifs is 1. The van der Waals surface area contributed by atoms with Crippen molar-refractivity contribution in [2.45, 2.75) is 20.3 Å². The highest BCUT2D eigenvalue weighted by Gasteiger charge is 2.17. The Hall–Kier alpha value is -2.54. The molecular formula is C17H16FN3O2S. The Kier molecular flexibility index (Phi) is 4.44. The number of rotatable bonds is 5. The summed E-state index contributed by atoms with van der Waals surface area (Å²) in [6, 6.07) is 6.30. The van der Waals surface area contributed by atoms with Crippen molar-refractivity contribution in [1.29, 1.82) is 0 Å². The molecule has 24 heavy (non-hydrogen) atoms. The van der Waals surface area contributed by atoms with Gasteiger partial charge in [-0.1, -0.05) is 12.1 Å². The molecule has 0 aliphatic heterocycles. The van der Waals surface area contributed by atoms with Crippen LogP contribution in [0.15, 0.2) is 24.3 Å². The van der Waals surface area contributed by atoms with Crippen molar-refractivity contribution in [3.05, 3.63) is 40.8 Å². The summed E-state index contributed by atoms with van der Waals surface area (Å²) in [6.45, 7) is 4.06. The molecule has 0 spiro atoms. The minimum atomic E-state index is -0.871. The third-order valence-electron chi connectivity index (χ3n) is 3.60. The minimum Gasteiger partial charge on any atom is -0.481 e. The Morgan fingerprint density at radius 1 is 1.25 bits per heavy atom. The summed E-state index contributed by atoms with van der Waals surface area (Å²) in [5, 5.41) is 12.8. The third kappa shape index (κ3) is 3.21. The van der Waals surface area contributed by atoms with E-state index in [0.29, 0.717) is 11.6 Å². The third-order valence-corrected chi connectivity index (χ3v) is 4.60. The van der Waals surface area contributed by atoms with Crippen LogP contribution in [0.4, 0.5) is 10.2 Å². The van der Waals surface area contributed by atoms with Gasteiger partial charge in [0.15, 0.2) is 0 Å². The maximum absolute atomic E-state index is 13.2. The van der Waals surface area contributed by atoms with Crippen LogP contribution in [0.1, 0.15) is 17.1 Å². The van der Waals surface area contributed by atoms with E-state index in [1.165, 1.54) is 12.1 Å². The molecule has 124 valence electrons. The van der Waals surface area contributed by atoms with Gasteiger partial charge < -0.3 is 10.4 Å². The lowest BCUT2D eigenvalue weighted by atomic mass is 10.0. The number of halogens is 1. The molecule has 2 aromatic heterocycles. The number of nitrogens with one attached hydrogen (secondary N) is 1. The quantitative estimate of drug-likeness (QED) is 0.731. The van der Waals surface area contributed by atoms with Crippen LogP contribution >= 0.6 is 11.3 Å². The SMILES string of the molecule is Cc1nc(NCCC(=O)O)c2c(-c3ccc(F)cc3)c(C)sc2n1. The number of thiophene rings is 1. The van der Waals surface area contributed by atoms with E-state index in [2.05, 4.69) is 15.3 Å². The minimum absolute atomic E-state index is 0.000452. The average Bonchev–Trinajstić information content (AvgIpc) is 2.83. The largest absolute Gasteiger partial charge is 0.481 e. The highest BCUT2D eigenvalue weighted by atomic mass is 32.1. The van der Waals surface area contributed by atoms with Gasteiger partial charge in [-0.3, -0.25) is 4.79 Å². The number of carbonyl (C=O) groups is 1. The first-order chi connectivity index (χ1) is 11.5. The van der Waals surface area contributed by atoms with E-state index in [9.17, 15) is 9.18 Å². The Bertz CT molecular complexity index is 906. The molecule has 3 rings (SSSR count). The number of hydrogen-bond donors (Lipinski definition) is 2. The highest BCUT2D eigenvalue weighted by Crippen LogP contribution is 2.40. The van der Waals surface area contributed by atoms with Crippen LogP contribution in [0.5, 0.6) is 0 Å². The molecule has 0 aliphatic carbocycles. The molecular weight excluding hydrogens is 329 g/mol. The molecule has 0 aliphatic rings. The van der Waals surface area contributed by atoms with E-state index in [1.54, 1.807) is 30.4 Å². The molecule has 0 bridgehead atoms. The van der Waals surface area contributed by atoms with Gasteiger partial charge >= 0.3 is 5.97 Å². The zero-order valence-corrected chi connectivity index (χ0v) is 14.1. The predicted octanol–water partition coefficient (Wildman–Crippen LogP) is 4.00. The summed E-state index contributed by atoms with van der Waals surface area (Å²) in [7, 11) is 0. The summed E-state index contributed by atoms with van der Waals surface area (Å²) in [5.74, 6) is 0.0716. The van der Waals surface area contributed by atoms with E-state index in [0.717, 1.165) is 26.2 Å². The molecule has 0 fully saturated rings. The van der Waals surface area contributed by atoms with E-state index in [1.807, 2.05) is 6.92 Å². The van der Waals surface area contributed by atoms with Gasteiger partial charge in [-0.2, -0.15) is 0 Å². The fraction of sp³-hybridized carbons (Fsp3) is 0.235. The maximum atomic E-state index is 13.2. The van der Waals surface area contributed by atoms with Crippen molar-refractivity contribution in [2.24, 2.45) is 0 Å². The molecule has 0 saturated carbocycles. The fourth-order valence-corrected chi connectivity index (χ4v) is 3.69. The zero-order valence-electron chi connectivity index (χ0n) is 13.3. The molecule has 2 heterocycles. The molecule has 7 heteroatoms. The van der Waals surface area contributed by atoms with Crippen LogP contribution in [-0.4, -0.2) is 27.6 Å². The molecule has 2 N–H and O–H groups in total. The number of hydrogen-bond acceptors (Lipinski definition) is 5. The standard InChI is InChI=1S/C17H16FN3O2S/c1-9-14(11-3-5-12(18)6-4-11)15-16(19-8-7-13(22)23)20-10(2)21-17(15)24-9/h3-6H,7-8H2,1-2H3,(H,22,23)(H,19,20,21). The average molecular weight is 345 g/mol. The van der Waals surface area contributed by atoms with Gasteiger partial charge in [0, 0.05) is 17.0 Å². The highest BCUT2D eigenvalue weighted by molar-refractivity contribution is 7.19. The second-order valence-corrected chi connectivity index (χ2v) is 6.61. The maximum Gasteiger partial charge on any atom is 0.305 e. The number of nitrogens with zero attached hydrogens (tertiary/aromatic N) is 2.